The van der Waals surface area contributed by atoms with E-state index in [2.05, 4.69) is 5.10 Å². The van der Waals surface area contributed by atoms with Crippen LogP contribution in [0, 0.1) is 0 Å². The molecule has 2 aromatic rings. The first-order valence-electron chi connectivity index (χ1n) is 7.87. The molecule has 1 amide bonds. The first kappa shape index (κ1) is 17.8. The Bertz CT molecular complexity index is 863. The van der Waals surface area contributed by atoms with Gasteiger partial charge in [-0.25, -0.2) is 9.48 Å². The number of hydrogen-bond donors (Lipinski definition) is 1. The number of carboxylic acid groups (broad SMARTS) is 1. The number of halogens is 2. The van der Waals surface area contributed by atoms with Crippen LogP contribution < -0.4 is 0 Å². The molecule has 1 aliphatic rings. The highest BCUT2D eigenvalue weighted by molar-refractivity contribution is 6.35. The van der Waals surface area contributed by atoms with Gasteiger partial charge in [0.1, 0.15) is 6.04 Å². The lowest BCUT2D eigenvalue weighted by Crippen LogP contribution is -2.40. The van der Waals surface area contributed by atoms with Crippen LogP contribution >= 0.6 is 23.2 Å². The minimum atomic E-state index is -1.06. The van der Waals surface area contributed by atoms with Gasteiger partial charge in [0.25, 0.3) is 5.91 Å². The molecule has 0 bridgehead atoms. The lowest BCUT2D eigenvalue weighted by Gasteiger charge is -2.20. The van der Waals surface area contributed by atoms with E-state index in [4.69, 9.17) is 28.3 Å². The topological polar surface area (TPSA) is 75.4 Å². The molecule has 0 saturated heterocycles. The van der Waals surface area contributed by atoms with E-state index in [1.165, 1.54) is 18.9 Å². The summed E-state index contributed by atoms with van der Waals surface area (Å²) in [6, 6.07) is 4.16. The minimum absolute atomic E-state index is 0.286. The number of nitrogens with zero attached hydrogens (tertiary/aromatic N) is 3. The van der Waals surface area contributed by atoms with Crippen LogP contribution in [-0.4, -0.2) is 44.8 Å². The molecule has 8 heteroatoms. The van der Waals surface area contributed by atoms with E-state index >= 15 is 0 Å². The second-order valence-electron chi connectivity index (χ2n) is 6.07. The highest BCUT2D eigenvalue weighted by atomic mass is 35.5. The van der Waals surface area contributed by atoms with Crippen molar-refractivity contribution >= 4 is 35.1 Å². The summed E-state index contributed by atoms with van der Waals surface area (Å²) in [6.45, 7) is 1.47. The molecule has 132 valence electrons. The zero-order chi connectivity index (χ0) is 18.3. The highest BCUT2D eigenvalue weighted by Crippen LogP contribution is 2.32. The number of hydrogen-bond acceptors (Lipinski definition) is 3. The van der Waals surface area contributed by atoms with E-state index in [-0.39, 0.29) is 5.69 Å². The molecular formula is C17H17Cl2N3O3. The van der Waals surface area contributed by atoms with Crippen LogP contribution in [0.1, 0.15) is 35.1 Å². The summed E-state index contributed by atoms with van der Waals surface area (Å²) in [5.41, 5.74) is 2.73. The zero-order valence-electron chi connectivity index (χ0n) is 13.8. The Kier molecular flexibility index (Phi) is 4.75. The number of aliphatic carboxylic acids is 1. The van der Waals surface area contributed by atoms with Gasteiger partial charge in [0.2, 0.25) is 0 Å². The SMILES string of the molecule is CC(C(=O)O)N(C)C(=O)c1nn(-c2ccc(Cl)cc2Cl)c2c1CCC2. The molecule has 1 aromatic heterocycles. The average Bonchev–Trinajstić information content (AvgIpc) is 3.15. The fraction of sp³-hybridized carbons (Fsp3) is 0.353. The number of rotatable bonds is 4. The summed E-state index contributed by atoms with van der Waals surface area (Å²) < 4.78 is 1.67. The molecule has 1 atom stereocenters. The summed E-state index contributed by atoms with van der Waals surface area (Å²) in [4.78, 5) is 25.1. The molecule has 6 nitrogen and oxygen atoms in total. The van der Waals surface area contributed by atoms with Crippen molar-refractivity contribution in [3.63, 3.8) is 0 Å². The Hall–Kier alpha value is -2.05. The Morgan fingerprint density at radius 1 is 1.32 bits per heavy atom. The number of carbonyl (C=O) groups excluding carboxylic acids is 1. The van der Waals surface area contributed by atoms with Gasteiger partial charge in [-0.3, -0.25) is 4.79 Å². The van der Waals surface area contributed by atoms with Crippen molar-refractivity contribution in [1.29, 1.82) is 0 Å². The summed E-state index contributed by atoms with van der Waals surface area (Å²) in [6.07, 6.45) is 2.43. The van der Waals surface area contributed by atoms with Crippen LogP contribution in [0.5, 0.6) is 0 Å². The molecule has 0 aliphatic heterocycles. The third kappa shape index (κ3) is 3.12. The van der Waals surface area contributed by atoms with Gasteiger partial charge in [-0.2, -0.15) is 5.10 Å². The van der Waals surface area contributed by atoms with Gasteiger partial charge >= 0.3 is 5.97 Å². The maximum Gasteiger partial charge on any atom is 0.326 e. The molecule has 1 aliphatic carbocycles. The smallest absolute Gasteiger partial charge is 0.326 e. The first-order valence-corrected chi connectivity index (χ1v) is 8.63. The number of carbonyl (C=O) groups is 2. The van der Waals surface area contributed by atoms with Crippen molar-refractivity contribution in [2.75, 3.05) is 7.05 Å². The molecule has 0 fully saturated rings. The molecule has 1 unspecified atom stereocenters. The molecule has 3 rings (SSSR count). The second kappa shape index (κ2) is 6.69. The van der Waals surface area contributed by atoms with E-state index in [9.17, 15) is 9.59 Å². The Balaban J connectivity index is 2.06. The van der Waals surface area contributed by atoms with Gasteiger partial charge in [-0.1, -0.05) is 23.2 Å². The number of benzene rings is 1. The number of fused-ring (bicyclic) bond motifs is 1. The van der Waals surface area contributed by atoms with Crippen LogP contribution in [0.15, 0.2) is 18.2 Å². The van der Waals surface area contributed by atoms with Crippen molar-refractivity contribution in [1.82, 2.24) is 14.7 Å². The van der Waals surface area contributed by atoms with E-state index < -0.39 is 17.9 Å². The molecule has 1 N–H and O–H groups in total. The minimum Gasteiger partial charge on any atom is -0.480 e. The van der Waals surface area contributed by atoms with Crippen molar-refractivity contribution in [3.05, 3.63) is 45.2 Å². The van der Waals surface area contributed by atoms with Crippen molar-refractivity contribution in [2.45, 2.75) is 32.2 Å². The third-order valence-electron chi connectivity index (χ3n) is 4.53. The molecule has 1 heterocycles. The van der Waals surface area contributed by atoms with E-state index in [1.54, 1.807) is 22.9 Å². The second-order valence-corrected chi connectivity index (χ2v) is 6.91. The summed E-state index contributed by atoms with van der Waals surface area (Å²) in [7, 11) is 1.47. The van der Waals surface area contributed by atoms with Crippen LogP contribution in [0.25, 0.3) is 5.69 Å². The van der Waals surface area contributed by atoms with Crippen LogP contribution in [0.3, 0.4) is 0 Å². The Morgan fingerprint density at radius 2 is 2.04 bits per heavy atom. The maximum atomic E-state index is 12.8. The average molecular weight is 382 g/mol. The normalized spacial score (nSPS) is 14.2. The molecular weight excluding hydrogens is 365 g/mol. The van der Waals surface area contributed by atoms with Gasteiger partial charge in [0.15, 0.2) is 5.69 Å². The molecule has 0 radical (unpaired) electrons. The maximum absolute atomic E-state index is 12.8. The lowest BCUT2D eigenvalue weighted by atomic mass is 10.1. The van der Waals surface area contributed by atoms with Gasteiger partial charge < -0.3 is 10.0 Å². The largest absolute Gasteiger partial charge is 0.480 e. The van der Waals surface area contributed by atoms with Crippen LogP contribution in [0.2, 0.25) is 10.0 Å². The summed E-state index contributed by atoms with van der Waals surface area (Å²) in [5, 5.41) is 14.6. The summed E-state index contributed by atoms with van der Waals surface area (Å²) >= 11 is 12.2. The predicted octanol–water partition coefficient (Wildman–Crippen LogP) is 3.21. The number of aromatic nitrogens is 2. The molecule has 0 saturated carbocycles. The first-order chi connectivity index (χ1) is 11.8. The Labute approximate surface area is 154 Å². The van der Waals surface area contributed by atoms with Crippen LogP contribution in [0.4, 0.5) is 0 Å². The fourth-order valence-electron chi connectivity index (χ4n) is 2.97. The van der Waals surface area contributed by atoms with Crippen molar-refractivity contribution in [3.8, 4) is 5.69 Å². The summed E-state index contributed by atoms with van der Waals surface area (Å²) in [5.74, 6) is -1.47. The van der Waals surface area contributed by atoms with Gasteiger partial charge in [-0.05, 0) is 44.4 Å². The molecule has 1 aromatic carbocycles. The van der Waals surface area contributed by atoms with E-state index in [1.807, 2.05) is 0 Å². The number of amides is 1. The lowest BCUT2D eigenvalue weighted by molar-refractivity contribution is -0.141. The number of likely N-dealkylation sites (N-methyl/N-ethyl adjacent to an activating group) is 1. The van der Waals surface area contributed by atoms with E-state index in [0.717, 1.165) is 30.5 Å². The monoisotopic (exact) mass is 381 g/mol. The Morgan fingerprint density at radius 3 is 2.68 bits per heavy atom. The van der Waals surface area contributed by atoms with Crippen LogP contribution in [-0.2, 0) is 17.6 Å². The van der Waals surface area contributed by atoms with Gasteiger partial charge in [-0.15, -0.1) is 0 Å². The standard InChI is InChI=1S/C17H17Cl2N3O3/c1-9(17(24)25)21(2)16(23)15-11-4-3-5-13(11)22(20-15)14-7-6-10(18)8-12(14)19/h6-9H,3-5H2,1-2H3,(H,24,25). The van der Waals surface area contributed by atoms with E-state index in [0.29, 0.717) is 15.7 Å². The quantitative estimate of drug-likeness (QED) is 0.881. The predicted molar refractivity (Wildman–Crippen MR) is 94.8 cm³/mol. The molecule has 25 heavy (non-hydrogen) atoms. The fourth-order valence-corrected chi connectivity index (χ4v) is 3.46. The molecule has 0 spiro atoms. The van der Waals surface area contributed by atoms with Crippen molar-refractivity contribution < 1.29 is 14.7 Å². The van der Waals surface area contributed by atoms with Gasteiger partial charge in [0, 0.05) is 23.3 Å². The van der Waals surface area contributed by atoms with Crippen molar-refractivity contribution in [2.24, 2.45) is 0 Å². The van der Waals surface area contributed by atoms with Gasteiger partial charge in [0.05, 0.1) is 10.7 Å². The third-order valence-corrected chi connectivity index (χ3v) is 5.07. The number of carboxylic acids is 1. The zero-order valence-corrected chi connectivity index (χ0v) is 15.3. The highest BCUT2D eigenvalue weighted by Gasteiger charge is 2.31.